The van der Waals surface area contributed by atoms with E-state index >= 15 is 0 Å². The number of carbonyl (C=O) groups excluding carboxylic acids is 2. The number of nitrogens with zero attached hydrogens (tertiary/aromatic N) is 2. The Morgan fingerprint density at radius 3 is 2.45 bits per heavy atom. The fourth-order valence-electron chi connectivity index (χ4n) is 2.41. The second-order valence-electron chi connectivity index (χ2n) is 7.27. The van der Waals surface area contributed by atoms with Gasteiger partial charge in [-0.05, 0) is 0 Å². The Morgan fingerprint density at radius 1 is 1.23 bits per heavy atom. The number of ether oxygens (including phenoxy) is 2. The minimum absolute atomic E-state index is 0.00654. The van der Waals surface area contributed by atoms with E-state index in [1.54, 1.807) is 33.8 Å². The summed E-state index contributed by atoms with van der Waals surface area (Å²) in [5.41, 5.74) is -0.733. The Balaban J connectivity index is 2.62. The summed E-state index contributed by atoms with van der Waals surface area (Å²) in [5, 5.41) is 0.0460. The number of alkyl halides is 4. The molecule has 0 spiro atoms. The molecule has 1 amide bonds. The number of amides is 1. The van der Waals surface area contributed by atoms with E-state index < -0.39 is 30.4 Å². The zero-order valence-corrected chi connectivity index (χ0v) is 20.6. The number of hydrogen-bond donors (Lipinski definition) is 0. The van der Waals surface area contributed by atoms with Crippen LogP contribution in [0.15, 0.2) is 24.3 Å². The molecular weight excluding hydrogens is 548 g/mol. The molecule has 0 bridgehead atoms. The van der Waals surface area contributed by atoms with E-state index in [2.05, 4.69) is 9.91 Å². The maximum absolute atomic E-state index is 13.3. The minimum atomic E-state index is -4.72. The van der Waals surface area contributed by atoms with Crippen LogP contribution in [0, 0.1) is 3.57 Å². The number of esters is 1. The molecule has 1 aromatic carbocycles. The first-order valence-corrected chi connectivity index (χ1v) is 13.2. The second-order valence-corrected chi connectivity index (χ2v) is 10.6. The summed E-state index contributed by atoms with van der Waals surface area (Å²) in [4.78, 5) is 31.8. The van der Waals surface area contributed by atoms with Crippen molar-refractivity contribution in [1.82, 2.24) is 4.98 Å². The molecule has 0 atom stereocenters. The molecule has 172 valence electrons. The molecule has 0 saturated carbocycles. The summed E-state index contributed by atoms with van der Waals surface area (Å²) in [5.74, 6) is -0.908. The normalized spacial score (nSPS) is 12.0. The van der Waals surface area contributed by atoms with Crippen LogP contribution in [0.5, 0.6) is 0 Å². The molecule has 0 unspecified atom stereocenters. The van der Waals surface area contributed by atoms with Gasteiger partial charge in [0.25, 0.3) is 0 Å². The number of thiazole rings is 1. The fourth-order valence-corrected chi connectivity index (χ4v) is 4.66. The first-order valence-electron chi connectivity index (χ1n) is 9.19. The van der Waals surface area contributed by atoms with Crippen molar-refractivity contribution in [2.75, 3.05) is 23.0 Å². The molecule has 0 aliphatic heterocycles. The van der Waals surface area contributed by atoms with Crippen LogP contribution in [0.3, 0.4) is 0 Å². The van der Waals surface area contributed by atoms with Crippen LogP contribution in [-0.4, -0.2) is 46.9 Å². The molecule has 0 aliphatic rings. The van der Waals surface area contributed by atoms with Gasteiger partial charge < -0.3 is 0 Å². The molecule has 1 heterocycles. The van der Waals surface area contributed by atoms with E-state index in [0.29, 0.717) is 15.5 Å². The summed E-state index contributed by atoms with van der Waals surface area (Å²) in [7, 11) is 0. The number of halogens is 4. The summed E-state index contributed by atoms with van der Waals surface area (Å²) in [6.07, 6.45) is -5.95. The third-order valence-corrected chi connectivity index (χ3v) is 6.61. The summed E-state index contributed by atoms with van der Waals surface area (Å²) < 4.78 is 51.2. The van der Waals surface area contributed by atoms with Crippen molar-refractivity contribution in [3.63, 3.8) is 0 Å². The van der Waals surface area contributed by atoms with Crippen molar-refractivity contribution in [3.8, 4) is 10.6 Å². The fraction of sp³-hybridized carbons (Fsp3) is 0.450. The Kier molecular flexibility index (Phi) is 8.31. The number of benzene rings is 1. The molecule has 1 aromatic heterocycles. The first-order chi connectivity index (χ1) is 14.3. The molecule has 0 N–H and O–H groups in total. The second kappa shape index (κ2) is 10.2. The van der Waals surface area contributed by atoms with Crippen molar-refractivity contribution >= 4 is 28.4 Å². The summed E-state index contributed by atoms with van der Waals surface area (Å²) >= 11 is 0.589. The molecule has 0 aliphatic carbocycles. The average Bonchev–Trinajstić information content (AvgIpc) is 3.09. The SMILES string of the molecule is CCOC(=O)c1nc(-c2cccc([I-]C)c2)sc1N(CC(F)(F)F)C(=O)OC(C)(C)C. The molecule has 2 aromatic rings. The average molecular weight is 571 g/mol. The van der Waals surface area contributed by atoms with Gasteiger partial charge in [-0.3, -0.25) is 0 Å². The van der Waals surface area contributed by atoms with Crippen LogP contribution in [-0.2, 0) is 9.47 Å². The Labute approximate surface area is 193 Å². The third-order valence-electron chi connectivity index (χ3n) is 3.56. The molecular formula is C20H23F3IN2O4S-. The molecule has 11 heteroatoms. The van der Waals surface area contributed by atoms with Crippen molar-refractivity contribution in [3.05, 3.63) is 33.5 Å². The van der Waals surface area contributed by atoms with Crippen molar-refractivity contribution in [2.45, 2.75) is 39.5 Å². The van der Waals surface area contributed by atoms with Crippen LogP contribution in [0.25, 0.3) is 10.6 Å². The van der Waals surface area contributed by atoms with Gasteiger partial charge in [0.2, 0.25) is 0 Å². The molecule has 0 fully saturated rings. The van der Waals surface area contributed by atoms with Crippen LogP contribution < -0.4 is 26.1 Å². The van der Waals surface area contributed by atoms with E-state index in [1.165, 1.54) is 0 Å². The van der Waals surface area contributed by atoms with Gasteiger partial charge in [-0.15, -0.1) is 0 Å². The predicted octanol–water partition coefficient (Wildman–Crippen LogP) is 2.18. The topological polar surface area (TPSA) is 68.7 Å². The van der Waals surface area contributed by atoms with Gasteiger partial charge >= 0.3 is 193 Å². The summed E-state index contributed by atoms with van der Waals surface area (Å²) in [6.45, 7) is 4.57. The number of carbonyl (C=O) groups is 2. The van der Waals surface area contributed by atoms with Gasteiger partial charge in [-0.2, -0.15) is 0 Å². The summed E-state index contributed by atoms with van der Waals surface area (Å²) in [6, 6.07) is 7.41. The van der Waals surface area contributed by atoms with E-state index in [0.717, 1.165) is 14.9 Å². The standard InChI is InChI=1S/C20H23F3IN2O4S/c1-6-29-17(27)14-16(26(11-20(21,22)23)18(28)30-19(2,3)4)31-15(25-14)12-8-7-9-13(10-12)24-5/h7-10H,6,11H2,1-5H3/q-1. The van der Waals surface area contributed by atoms with E-state index in [-0.39, 0.29) is 38.5 Å². The van der Waals surface area contributed by atoms with E-state index in [4.69, 9.17) is 9.47 Å². The van der Waals surface area contributed by atoms with Gasteiger partial charge in [-0.25, -0.2) is 0 Å². The van der Waals surface area contributed by atoms with Gasteiger partial charge in [0.15, 0.2) is 0 Å². The van der Waals surface area contributed by atoms with Crippen LogP contribution in [0.4, 0.5) is 23.0 Å². The number of anilines is 1. The van der Waals surface area contributed by atoms with Crippen molar-refractivity contribution < 1.29 is 53.4 Å². The Hall–Kier alpha value is -1.89. The molecule has 31 heavy (non-hydrogen) atoms. The van der Waals surface area contributed by atoms with Gasteiger partial charge in [-0.1, -0.05) is 0 Å². The van der Waals surface area contributed by atoms with Crippen molar-refractivity contribution in [1.29, 1.82) is 0 Å². The number of hydrogen-bond acceptors (Lipinski definition) is 6. The Bertz CT molecular complexity index is 941. The Morgan fingerprint density at radius 2 is 1.90 bits per heavy atom. The predicted molar refractivity (Wildman–Crippen MR) is 108 cm³/mol. The molecule has 0 radical (unpaired) electrons. The van der Waals surface area contributed by atoms with Crippen LogP contribution in [0.1, 0.15) is 38.2 Å². The van der Waals surface area contributed by atoms with Gasteiger partial charge in [0.1, 0.15) is 0 Å². The first kappa shape index (κ1) is 25.4. The van der Waals surface area contributed by atoms with Crippen LogP contribution >= 0.6 is 11.3 Å². The van der Waals surface area contributed by atoms with E-state index in [9.17, 15) is 22.8 Å². The molecule has 2 rings (SSSR count). The third kappa shape index (κ3) is 7.34. The van der Waals surface area contributed by atoms with Crippen molar-refractivity contribution in [2.24, 2.45) is 0 Å². The molecule has 6 nitrogen and oxygen atoms in total. The van der Waals surface area contributed by atoms with Gasteiger partial charge in [0, 0.05) is 0 Å². The zero-order chi connectivity index (χ0) is 23.4. The number of aromatic nitrogens is 1. The maximum atomic E-state index is 13.3. The van der Waals surface area contributed by atoms with E-state index in [1.807, 2.05) is 18.2 Å². The number of rotatable bonds is 6. The quantitative estimate of drug-likeness (QED) is 0.302. The van der Waals surface area contributed by atoms with Gasteiger partial charge in [0.05, 0.1) is 0 Å². The molecule has 0 saturated heterocycles. The zero-order valence-electron chi connectivity index (χ0n) is 17.7. The van der Waals surface area contributed by atoms with Crippen LogP contribution in [0.2, 0.25) is 0 Å². The monoisotopic (exact) mass is 571 g/mol.